The fourth-order valence-corrected chi connectivity index (χ4v) is 4.66. The second-order valence-corrected chi connectivity index (χ2v) is 6.52. The first-order valence-electron chi connectivity index (χ1n) is 6.97. The monoisotopic (exact) mass is 224 g/mol. The molecule has 0 heterocycles. The van der Waals surface area contributed by atoms with Gasteiger partial charge in [-0.05, 0) is 54.4 Å². The maximum atomic E-state index is 2.50. The summed E-state index contributed by atoms with van der Waals surface area (Å²) in [4.78, 5) is 0. The van der Waals surface area contributed by atoms with Crippen LogP contribution >= 0.6 is 0 Å². The molecule has 0 saturated heterocycles. The Hall–Kier alpha value is -1.04. The van der Waals surface area contributed by atoms with Crippen molar-refractivity contribution < 1.29 is 0 Å². The highest BCUT2D eigenvalue weighted by Gasteiger charge is 2.54. The van der Waals surface area contributed by atoms with Crippen molar-refractivity contribution >= 4 is 0 Å². The molecule has 4 aliphatic carbocycles. The van der Waals surface area contributed by atoms with E-state index in [0.717, 1.165) is 0 Å². The maximum Gasteiger partial charge on any atom is 0.00592 e. The summed E-state index contributed by atoms with van der Waals surface area (Å²) < 4.78 is 0. The lowest BCUT2D eigenvalue weighted by Gasteiger charge is -2.48. The number of rotatable bonds is 0. The molecule has 0 heteroatoms. The molecule has 0 nitrogen and oxygen atoms in total. The molecule has 0 aliphatic heterocycles. The topological polar surface area (TPSA) is 0 Å². The van der Waals surface area contributed by atoms with E-state index in [1.807, 2.05) is 0 Å². The third-order valence-corrected chi connectivity index (χ3v) is 5.90. The van der Waals surface area contributed by atoms with Gasteiger partial charge >= 0.3 is 0 Å². The molecule has 0 aromatic rings. The van der Waals surface area contributed by atoms with Crippen LogP contribution in [-0.4, -0.2) is 0 Å². The van der Waals surface area contributed by atoms with Gasteiger partial charge < -0.3 is 0 Å². The average molecular weight is 224 g/mol. The number of allylic oxidation sites excluding steroid dienone is 8. The van der Waals surface area contributed by atoms with Crippen LogP contribution in [0.5, 0.6) is 0 Å². The zero-order valence-corrected chi connectivity index (χ0v) is 10.8. The zero-order chi connectivity index (χ0) is 11.7. The van der Waals surface area contributed by atoms with Crippen molar-refractivity contribution in [1.82, 2.24) is 0 Å². The van der Waals surface area contributed by atoms with Crippen LogP contribution < -0.4 is 0 Å². The van der Waals surface area contributed by atoms with Gasteiger partial charge in [-0.25, -0.2) is 0 Å². The Kier molecular flexibility index (Phi) is 1.67. The van der Waals surface area contributed by atoms with Crippen LogP contribution in [0.1, 0.15) is 46.0 Å². The van der Waals surface area contributed by atoms with E-state index in [0.29, 0.717) is 10.8 Å². The summed E-state index contributed by atoms with van der Waals surface area (Å²) in [6, 6.07) is 0. The number of hydrogen-bond donors (Lipinski definition) is 0. The number of hydrogen-bond acceptors (Lipinski definition) is 0. The predicted molar refractivity (Wildman–Crippen MR) is 71.6 cm³/mol. The Balaban J connectivity index is 2.06. The Morgan fingerprint density at radius 2 is 1.29 bits per heavy atom. The van der Waals surface area contributed by atoms with Crippen molar-refractivity contribution in [2.75, 3.05) is 0 Å². The largest absolute Gasteiger partial charge is 0.0833 e. The van der Waals surface area contributed by atoms with Gasteiger partial charge in [0, 0.05) is 10.8 Å². The second-order valence-electron chi connectivity index (χ2n) is 6.52. The Morgan fingerprint density at radius 1 is 0.824 bits per heavy atom. The fraction of sp³-hybridized carbons (Fsp3) is 0.529. The fourth-order valence-electron chi connectivity index (χ4n) is 4.66. The molecule has 4 rings (SSSR count). The Labute approximate surface area is 104 Å². The quantitative estimate of drug-likeness (QED) is 0.559. The van der Waals surface area contributed by atoms with E-state index in [1.165, 1.54) is 32.1 Å². The van der Waals surface area contributed by atoms with Crippen LogP contribution in [0.2, 0.25) is 0 Å². The van der Waals surface area contributed by atoms with E-state index in [4.69, 9.17) is 0 Å². The molecule has 0 amide bonds. The molecule has 2 atom stereocenters. The standard InChI is InChI=1S/C17H20/c1-16-10-4-8-14(16)12-6-3-7-13(12)15-9-5-11-17(15,16)2/h4-5,8-9H,3,6-7,10-11H2,1-2H3. The van der Waals surface area contributed by atoms with Gasteiger partial charge in [0.05, 0.1) is 0 Å². The van der Waals surface area contributed by atoms with Gasteiger partial charge in [-0.15, -0.1) is 0 Å². The summed E-state index contributed by atoms with van der Waals surface area (Å²) in [5, 5.41) is 0. The van der Waals surface area contributed by atoms with Crippen molar-refractivity contribution in [1.29, 1.82) is 0 Å². The van der Waals surface area contributed by atoms with Crippen LogP contribution in [0.4, 0.5) is 0 Å². The zero-order valence-electron chi connectivity index (χ0n) is 10.8. The summed E-state index contributed by atoms with van der Waals surface area (Å²) in [7, 11) is 0. The summed E-state index contributed by atoms with van der Waals surface area (Å²) in [6.45, 7) is 4.99. The summed E-state index contributed by atoms with van der Waals surface area (Å²) in [6.07, 6.45) is 16.2. The van der Waals surface area contributed by atoms with Gasteiger partial charge in [0.1, 0.15) is 0 Å². The molecule has 0 aromatic heterocycles. The molecule has 1 saturated carbocycles. The molecule has 1 fully saturated rings. The summed E-state index contributed by atoms with van der Waals surface area (Å²) in [5.41, 5.74) is 7.52. The molecule has 0 N–H and O–H groups in total. The summed E-state index contributed by atoms with van der Waals surface area (Å²) in [5.74, 6) is 0. The van der Waals surface area contributed by atoms with Crippen molar-refractivity contribution in [3.63, 3.8) is 0 Å². The highest BCUT2D eigenvalue weighted by atomic mass is 14.6. The van der Waals surface area contributed by atoms with Gasteiger partial charge in [0.2, 0.25) is 0 Å². The second kappa shape index (κ2) is 2.85. The molecular formula is C17H20. The van der Waals surface area contributed by atoms with Crippen LogP contribution in [-0.2, 0) is 0 Å². The van der Waals surface area contributed by atoms with E-state index in [9.17, 15) is 0 Å². The minimum atomic E-state index is 0.370. The normalized spacial score (nSPS) is 42.2. The minimum absolute atomic E-state index is 0.370. The van der Waals surface area contributed by atoms with Crippen LogP contribution in [0.25, 0.3) is 0 Å². The minimum Gasteiger partial charge on any atom is -0.0833 e. The van der Waals surface area contributed by atoms with Crippen molar-refractivity contribution in [2.24, 2.45) is 10.8 Å². The summed E-state index contributed by atoms with van der Waals surface area (Å²) >= 11 is 0. The van der Waals surface area contributed by atoms with Gasteiger partial charge in [-0.2, -0.15) is 0 Å². The van der Waals surface area contributed by atoms with E-state index >= 15 is 0 Å². The predicted octanol–water partition coefficient (Wildman–Crippen LogP) is 4.71. The van der Waals surface area contributed by atoms with Crippen LogP contribution in [0.3, 0.4) is 0 Å². The molecule has 0 aromatic carbocycles. The molecule has 88 valence electrons. The van der Waals surface area contributed by atoms with Gasteiger partial charge in [-0.1, -0.05) is 38.2 Å². The maximum absolute atomic E-state index is 2.50. The van der Waals surface area contributed by atoms with E-state index < -0.39 is 0 Å². The van der Waals surface area contributed by atoms with Gasteiger partial charge in [0.25, 0.3) is 0 Å². The Morgan fingerprint density at radius 3 is 1.76 bits per heavy atom. The molecule has 2 unspecified atom stereocenters. The van der Waals surface area contributed by atoms with E-state index in [1.54, 1.807) is 22.3 Å². The molecule has 0 spiro atoms. The third-order valence-electron chi connectivity index (χ3n) is 5.90. The van der Waals surface area contributed by atoms with Crippen molar-refractivity contribution in [3.05, 3.63) is 46.6 Å². The van der Waals surface area contributed by atoms with Crippen LogP contribution in [0.15, 0.2) is 46.6 Å². The highest BCUT2D eigenvalue weighted by Crippen LogP contribution is 2.65. The third kappa shape index (κ3) is 0.931. The van der Waals surface area contributed by atoms with Crippen LogP contribution in [0, 0.1) is 10.8 Å². The first-order chi connectivity index (χ1) is 8.17. The molecule has 17 heavy (non-hydrogen) atoms. The van der Waals surface area contributed by atoms with E-state index in [2.05, 4.69) is 38.2 Å². The van der Waals surface area contributed by atoms with Gasteiger partial charge in [-0.3, -0.25) is 0 Å². The van der Waals surface area contributed by atoms with Crippen molar-refractivity contribution in [2.45, 2.75) is 46.0 Å². The van der Waals surface area contributed by atoms with Gasteiger partial charge in [0.15, 0.2) is 0 Å². The molecule has 4 aliphatic rings. The first-order valence-corrected chi connectivity index (χ1v) is 6.97. The number of fused-ring (bicyclic) bond motifs is 4. The lowest BCUT2D eigenvalue weighted by molar-refractivity contribution is 0.172. The Bertz CT molecular complexity index is 478. The molecule has 0 bridgehead atoms. The lowest BCUT2D eigenvalue weighted by Crippen LogP contribution is -2.39. The SMILES string of the molecule is CC12CC=CC1=C1CCCC1=C1C=CCC12C. The highest BCUT2D eigenvalue weighted by molar-refractivity contribution is 5.61. The molecular weight excluding hydrogens is 204 g/mol. The molecule has 0 radical (unpaired) electrons. The smallest absolute Gasteiger partial charge is 0.00592 e. The lowest BCUT2D eigenvalue weighted by atomic mass is 9.55. The average Bonchev–Trinajstić information content (AvgIpc) is 2.94. The van der Waals surface area contributed by atoms with E-state index in [-0.39, 0.29) is 0 Å². The van der Waals surface area contributed by atoms with Crippen molar-refractivity contribution in [3.8, 4) is 0 Å². The first kappa shape index (κ1) is 9.94.